The van der Waals surface area contributed by atoms with E-state index in [9.17, 15) is 15.2 Å². The van der Waals surface area contributed by atoms with Gasteiger partial charge in [0.15, 0.2) is 5.82 Å². The van der Waals surface area contributed by atoms with Crippen LogP contribution in [0.4, 0.5) is 11.5 Å². The zero-order chi connectivity index (χ0) is 19.6. The highest BCUT2D eigenvalue weighted by atomic mass is 16.6. The Kier molecular flexibility index (Phi) is 4.91. The number of nitrogens with one attached hydrogen (secondary N) is 1. The molecule has 0 saturated carbocycles. The first-order valence-corrected chi connectivity index (χ1v) is 8.38. The smallest absolute Gasteiger partial charge is 0.270 e. The van der Waals surface area contributed by atoms with Crippen molar-refractivity contribution in [3.8, 4) is 11.4 Å². The minimum Gasteiger partial charge on any atom is -0.463 e. The fraction of sp³-hybridized carbons (Fsp3) is 0.263. The fourth-order valence-electron chi connectivity index (χ4n) is 2.62. The fourth-order valence-corrected chi connectivity index (χ4v) is 2.62. The predicted octanol–water partition coefficient (Wildman–Crippen LogP) is 3.58. The normalized spacial score (nSPS) is 13.2. The zero-order valence-electron chi connectivity index (χ0n) is 15.3. The van der Waals surface area contributed by atoms with Gasteiger partial charge in [0, 0.05) is 29.5 Å². The predicted molar refractivity (Wildman–Crippen MR) is 100 cm³/mol. The number of aromatic nitrogens is 2. The summed E-state index contributed by atoms with van der Waals surface area (Å²) in [6.45, 7) is 5.44. The maximum atomic E-state index is 11.0. The van der Waals surface area contributed by atoms with Gasteiger partial charge in [-0.15, -0.1) is 0 Å². The summed E-state index contributed by atoms with van der Waals surface area (Å²) < 4.78 is 5.50. The zero-order valence-corrected chi connectivity index (χ0v) is 15.3. The first-order chi connectivity index (χ1) is 12.7. The van der Waals surface area contributed by atoms with Gasteiger partial charge in [-0.25, -0.2) is 9.97 Å². The van der Waals surface area contributed by atoms with Crippen LogP contribution in [-0.2, 0) is 5.60 Å². The molecule has 0 spiro atoms. The SMILES string of the molecule is Cc1cc(NCC(C)(O)c2ccc(C)o2)nc(-c2cccc([N+](=O)[O-])c2)n1. The van der Waals surface area contributed by atoms with Gasteiger partial charge in [-0.3, -0.25) is 10.1 Å². The lowest BCUT2D eigenvalue weighted by molar-refractivity contribution is -0.384. The van der Waals surface area contributed by atoms with Gasteiger partial charge in [-0.05, 0) is 32.9 Å². The number of hydrogen-bond donors (Lipinski definition) is 2. The Morgan fingerprint density at radius 3 is 2.67 bits per heavy atom. The number of anilines is 1. The largest absolute Gasteiger partial charge is 0.463 e. The molecule has 0 fully saturated rings. The van der Waals surface area contributed by atoms with Gasteiger partial charge in [0.25, 0.3) is 5.69 Å². The molecule has 1 unspecified atom stereocenters. The van der Waals surface area contributed by atoms with E-state index < -0.39 is 10.5 Å². The Balaban J connectivity index is 1.83. The minimum atomic E-state index is -1.22. The van der Waals surface area contributed by atoms with Crippen molar-refractivity contribution in [2.75, 3.05) is 11.9 Å². The monoisotopic (exact) mass is 368 g/mol. The lowest BCUT2D eigenvalue weighted by Crippen LogP contribution is -2.30. The van der Waals surface area contributed by atoms with E-state index in [0.717, 1.165) is 5.76 Å². The number of benzene rings is 1. The molecule has 2 heterocycles. The van der Waals surface area contributed by atoms with Crippen LogP contribution in [0, 0.1) is 24.0 Å². The molecule has 8 heteroatoms. The van der Waals surface area contributed by atoms with Crippen LogP contribution in [0.15, 0.2) is 46.9 Å². The molecule has 3 rings (SSSR count). The van der Waals surface area contributed by atoms with Gasteiger partial charge in [-0.2, -0.15) is 0 Å². The molecule has 2 N–H and O–H groups in total. The summed E-state index contributed by atoms with van der Waals surface area (Å²) >= 11 is 0. The highest BCUT2D eigenvalue weighted by Gasteiger charge is 2.27. The van der Waals surface area contributed by atoms with E-state index in [4.69, 9.17) is 4.42 Å². The molecule has 0 radical (unpaired) electrons. The Labute approximate surface area is 156 Å². The Hall–Kier alpha value is -3.26. The van der Waals surface area contributed by atoms with E-state index >= 15 is 0 Å². The highest BCUT2D eigenvalue weighted by Crippen LogP contribution is 2.25. The third kappa shape index (κ3) is 4.29. The van der Waals surface area contributed by atoms with E-state index in [-0.39, 0.29) is 12.2 Å². The summed E-state index contributed by atoms with van der Waals surface area (Å²) in [6, 6.07) is 11.4. The summed E-state index contributed by atoms with van der Waals surface area (Å²) in [5.74, 6) is 2.05. The molecule has 2 aromatic heterocycles. The quantitative estimate of drug-likeness (QED) is 0.505. The van der Waals surface area contributed by atoms with Crippen molar-refractivity contribution in [3.63, 3.8) is 0 Å². The van der Waals surface area contributed by atoms with Crippen LogP contribution in [0.25, 0.3) is 11.4 Å². The number of aliphatic hydroxyl groups is 1. The molecule has 1 aromatic carbocycles. The number of nitrogens with zero attached hydrogens (tertiary/aromatic N) is 3. The number of nitro benzene ring substituents is 1. The molecule has 0 aliphatic rings. The average molecular weight is 368 g/mol. The van der Waals surface area contributed by atoms with Crippen LogP contribution < -0.4 is 5.32 Å². The molecular formula is C19H20N4O4. The Morgan fingerprint density at radius 2 is 2.00 bits per heavy atom. The Morgan fingerprint density at radius 1 is 1.22 bits per heavy atom. The molecule has 1 atom stereocenters. The minimum absolute atomic E-state index is 0.0248. The molecule has 140 valence electrons. The summed E-state index contributed by atoms with van der Waals surface area (Å²) in [7, 11) is 0. The van der Waals surface area contributed by atoms with Gasteiger partial charge < -0.3 is 14.8 Å². The maximum Gasteiger partial charge on any atom is 0.270 e. The topological polar surface area (TPSA) is 114 Å². The van der Waals surface area contributed by atoms with Crippen LogP contribution in [-0.4, -0.2) is 26.5 Å². The van der Waals surface area contributed by atoms with E-state index in [0.29, 0.717) is 28.7 Å². The van der Waals surface area contributed by atoms with E-state index in [1.54, 1.807) is 37.3 Å². The van der Waals surface area contributed by atoms with Crippen molar-refractivity contribution in [2.45, 2.75) is 26.4 Å². The summed E-state index contributed by atoms with van der Waals surface area (Å²) in [6.07, 6.45) is 0. The van der Waals surface area contributed by atoms with Crippen LogP contribution >= 0.6 is 0 Å². The second-order valence-corrected chi connectivity index (χ2v) is 6.56. The van der Waals surface area contributed by atoms with Crippen molar-refractivity contribution in [1.29, 1.82) is 0 Å². The standard InChI is InChI=1S/C19H20N4O4/c1-12-9-17(20-11-19(3,24)16-8-7-13(2)27-16)22-18(21-12)14-5-4-6-15(10-14)23(25)26/h4-10,24H,11H2,1-3H3,(H,20,21,22). The lowest BCUT2D eigenvalue weighted by atomic mass is 10.0. The van der Waals surface area contributed by atoms with Gasteiger partial charge in [0.1, 0.15) is 22.9 Å². The van der Waals surface area contributed by atoms with Gasteiger partial charge >= 0.3 is 0 Å². The molecule has 0 saturated heterocycles. The summed E-state index contributed by atoms with van der Waals surface area (Å²) in [4.78, 5) is 19.3. The summed E-state index contributed by atoms with van der Waals surface area (Å²) in [5, 5.41) is 24.7. The van der Waals surface area contributed by atoms with Crippen LogP contribution in [0.2, 0.25) is 0 Å². The van der Waals surface area contributed by atoms with Crippen molar-refractivity contribution in [2.24, 2.45) is 0 Å². The molecule has 0 aliphatic heterocycles. The van der Waals surface area contributed by atoms with E-state index in [2.05, 4.69) is 15.3 Å². The van der Waals surface area contributed by atoms with Gasteiger partial charge in [0.2, 0.25) is 0 Å². The number of non-ortho nitro benzene ring substituents is 1. The number of hydrogen-bond acceptors (Lipinski definition) is 7. The third-order valence-electron chi connectivity index (χ3n) is 4.05. The second-order valence-electron chi connectivity index (χ2n) is 6.56. The summed E-state index contributed by atoms with van der Waals surface area (Å²) in [5.41, 5.74) is -0.00572. The van der Waals surface area contributed by atoms with E-state index in [1.807, 2.05) is 13.8 Å². The molecule has 0 amide bonds. The third-order valence-corrected chi connectivity index (χ3v) is 4.05. The molecule has 0 aliphatic carbocycles. The van der Waals surface area contributed by atoms with Crippen molar-refractivity contribution >= 4 is 11.5 Å². The van der Waals surface area contributed by atoms with Crippen LogP contribution in [0.1, 0.15) is 24.1 Å². The van der Waals surface area contributed by atoms with Crippen molar-refractivity contribution in [3.05, 3.63) is 69.8 Å². The van der Waals surface area contributed by atoms with E-state index in [1.165, 1.54) is 12.1 Å². The molecule has 0 bridgehead atoms. The van der Waals surface area contributed by atoms with Gasteiger partial charge in [-0.1, -0.05) is 12.1 Å². The van der Waals surface area contributed by atoms with Crippen LogP contribution in [0.3, 0.4) is 0 Å². The first-order valence-electron chi connectivity index (χ1n) is 8.38. The van der Waals surface area contributed by atoms with Crippen LogP contribution in [0.5, 0.6) is 0 Å². The van der Waals surface area contributed by atoms with Crippen molar-refractivity contribution in [1.82, 2.24) is 9.97 Å². The Bertz CT molecular complexity index is 981. The molecule has 8 nitrogen and oxygen atoms in total. The van der Waals surface area contributed by atoms with Crippen molar-refractivity contribution < 1.29 is 14.4 Å². The highest BCUT2D eigenvalue weighted by molar-refractivity contribution is 5.61. The van der Waals surface area contributed by atoms with Gasteiger partial charge in [0.05, 0.1) is 11.5 Å². The first kappa shape index (κ1) is 18.5. The number of nitro groups is 1. The maximum absolute atomic E-state index is 11.0. The molecule has 27 heavy (non-hydrogen) atoms. The number of aryl methyl sites for hydroxylation is 2. The molecular weight excluding hydrogens is 348 g/mol. The molecule has 3 aromatic rings. The lowest BCUT2D eigenvalue weighted by Gasteiger charge is -2.21. The number of furan rings is 1. The number of rotatable bonds is 6. The average Bonchev–Trinajstić information content (AvgIpc) is 3.07. The second kappa shape index (κ2) is 7.16.